The van der Waals surface area contributed by atoms with Crippen LogP contribution < -0.4 is 0 Å². The summed E-state index contributed by atoms with van der Waals surface area (Å²) in [5.41, 5.74) is 0. The summed E-state index contributed by atoms with van der Waals surface area (Å²) >= 11 is 0. The molecular formula is C7H5N3O2. The lowest BCUT2D eigenvalue weighted by molar-refractivity contribution is -0.111. The molecule has 2 heterocycles. The largest absolute Gasteiger partial charge is 0.409 e. The molecule has 0 unspecified atom stereocenters. The van der Waals surface area contributed by atoms with E-state index in [-0.39, 0.29) is 5.84 Å². The molecule has 0 aromatic rings. The van der Waals surface area contributed by atoms with Crippen molar-refractivity contribution >= 4 is 17.6 Å². The highest BCUT2D eigenvalue weighted by atomic mass is 16.4. The Morgan fingerprint density at radius 2 is 2.33 bits per heavy atom. The van der Waals surface area contributed by atoms with Crippen molar-refractivity contribution in [2.45, 2.75) is 0 Å². The van der Waals surface area contributed by atoms with Gasteiger partial charge in [-0.3, -0.25) is 9.69 Å². The molecule has 60 valence electrons. The third kappa shape index (κ3) is 0.763. The van der Waals surface area contributed by atoms with Gasteiger partial charge in [0.15, 0.2) is 0 Å². The summed E-state index contributed by atoms with van der Waals surface area (Å²) in [6, 6.07) is 0. The second-order valence-corrected chi connectivity index (χ2v) is 2.27. The lowest BCUT2D eigenvalue weighted by Gasteiger charge is -2.12. The Hall–Kier alpha value is -1.91. The van der Waals surface area contributed by atoms with Crippen molar-refractivity contribution in [2.75, 3.05) is 0 Å². The number of amidine groups is 2. The lowest BCUT2D eigenvalue weighted by Crippen LogP contribution is -2.29. The molecule has 0 aromatic heterocycles. The van der Waals surface area contributed by atoms with Crippen LogP contribution in [0.25, 0.3) is 0 Å². The first kappa shape index (κ1) is 6.78. The maximum absolute atomic E-state index is 11.0. The number of oxime groups is 1. The van der Waals surface area contributed by atoms with E-state index in [1.165, 1.54) is 4.90 Å². The molecular weight excluding hydrogens is 158 g/mol. The van der Waals surface area contributed by atoms with E-state index >= 15 is 0 Å². The SMILES string of the molecule is O=C1N=C2C=CC=CN2C1=NO. The predicted molar refractivity (Wildman–Crippen MR) is 41.8 cm³/mol. The first-order chi connectivity index (χ1) is 5.83. The van der Waals surface area contributed by atoms with Crippen LogP contribution in [0.4, 0.5) is 0 Å². The fourth-order valence-corrected chi connectivity index (χ4v) is 1.05. The number of allylic oxidation sites excluding steroid dienone is 2. The van der Waals surface area contributed by atoms with Crippen molar-refractivity contribution in [1.29, 1.82) is 0 Å². The Kier molecular flexibility index (Phi) is 1.30. The summed E-state index contributed by atoms with van der Waals surface area (Å²) in [7, 11) is 0. The van der Waals surface area contributed by atoms with Crippen LogP contribution in [0.15, 0.2) is 34.6 Å². The normalized spacial score (nSPS) is 23.3. The zero-order chi connectivity index (χ0) is 8.55. The molecule has 0 radical (unpaired) electrons. The van der Waals surface area contributed by atoms with E-state index in [1.54, 1.807) is 24.4 Å². The Morgan fingerprint density at radius 3 is 3.08 bits per heavy atom. The van der Waals surface area contributed by atoms with Crippen molar-refractivity contribution < 1.29 is 10.0 Å². The molecule has 1 amide bonds. The summed E-state index contributed by atoms with van der Waals surface area (Å²) in [5, 5.41) is 11.3. The van der Waals surface area contributed by atoms with Crippen molar-refractivity contribution in [1.82, 2.24) is 4.90 Å². The molecule has 0 saturated heterocycles. The maximum atomic E-state index is 11.0. The highest BCUT2D eigenvalue weighted by Gasteiger charge is 2.29. The second-order valence-electron chi connectivity index (χ2n) is 2.27. The Labute approximate surface area is 68.0 Å². The van der Waals surface area contributed by atoms with Crippen LogP contribution in [0.3, 0.4) is 0 Å². The molecule has 0 aromatic carbocycles. The Bertz CT molecular complexity index is 352. The molecule has 2 aliphatic rings. The fourth-order valence-electron chi connectivity index (χ4n) is 1.05. The molecule has 1 N–H and O–H groups in total. The van der Waals surface area contributed by atoms with Gasteiger partial charge in [0, 0.05) is 6.20 Å². The van der Waals surface area contributed by atoms with Crippen molar-refractivity contribution in [3.05, 3.63) is 24.4 Å². The van der Waals surface area contributed by atoms with Crippen LogP contribution >= 0.6 is 0 Å². The van der Waals surface area contributed by atoms with Crippen molar-refractivity contribution in [3.8, 4) is 0 Å². The zero-order valence-electron chi connectivity index (χ0n) is 6.01. The molecule has 0 aliphatic carbocycles. The minimum Gasteiger partial charge on any atom is -0.409 e. The number of rotatable bonds is 0. The van der Waals surface area contributed by atoms with Crippen LogP contribution in [-0.2, 0) is 4.79 Å². The summed E-state index contributed by atoms with van der Waals surface area (Å²) in [6.45, 7) is 0. The number of amides is 1. The van der Waals surface area contributed by atoms with Gasteiger partial charge in [-0.2, -0.15) is 4.99 Å². The van der Waals surface area contributed by atoms with E-state index in [0.29, 0.717) is 5.84 Å². The molecule has 0 bridgehead atoms. The lowest BCUT2D eigenvalue weighted by atomic mass is 10.3. The van der Waals surface area contributed by atoms with Gasteiger partial charge in [0.2, 0.25) is 5.84 Å². The van der Waals surface area contributed by atoms with E-state index < -0.39 is 5.91 Å². The minimum atomic E-state index is -0.524. The maximum Gasteiger partial charge on any atom is 0.318 e. The van der Waals surface area contributed by atoms with E-state index in [1.807, 2.05) is 0 Å². The molecule has 5 heteroatoms. The smallest absolute Gasteiger partial charge is 0.318 e. The molecule has 2 aliphatic heterocycles. The highest BCUT2D eigenvalue weighted by molar-refractivity contribution is 6.47. The third-order valence-corrected chi connectivity index (χ3v) is 1.57. The number of carbonyl (C=O) groups excluding carboxylic acids is 1. The summed E-state index contributed by atoms with van der Waals surface area (Å²) in [5.74, 6) is -0.107. The van der Waals surface area contributed by atoms with Gasteiger partial charge in [-0.05, 0) is 12.2 Å². The molecule has 12 heavy (non-hydrogen) atoms. The molecule has 0 fully saturated rings. The topological polar surface area (TPSA) is 65.3 Å². The average molecular weight is 163 g/mol. The van der Waals surface area contributed by atoms with Gasteiger partial charge < -0.3 is 5.21 Å². The number of aliphatic imine (C=N–C) groups is 1. The van der Waals surface area contributed by atoms with Gasteiger partial charge in [0.1, 0.15) is 5.84 Å². The molecule has 0 saturated carbocycles. The van der Waals surface area contributed by atoms with Crippen molar-refractivity contribution in [3.63, 3.8) is 0 Å². The number of hydrogen-bond donors (Lipinski definition) is 1. The van der Waals surface area contributed by atoms with E-state index in [9.17, 15) is 4.79 Å². The monoisotopic (exact) mass is 163 g/mol. The standard InChI is InChI=1S/C7H5N3O2/c11-7-6(9-12)10-4-2-1-3-5(10)8-7/h1-4,12H. The van der Waals surface area contributed by atoms with Gasteiger partial charge >= 0.3 is 5.91 Å². The fraction of sp³-hybridized carbons (Fsp3) is 0. The summed E-state index contributed by atoms with van der Waals surface area (Å²) in [6.07, 6.45) is 6.75. The van der Waals surface area contributed by atoms with Gasteiger partial charge in [-0.25, -0.2) is 0 Å². The molecule has 0 atom stereocenters. The van der Waals surface area contributed by atoms with E-state index in [4.69, 9.17) is 5.21 Å². The number of fused-ring (bicyclic) bond motifs is 1. The number of nitrogens with zero attached hydrogens (tertiary/aromatic N) is 3. The minimum absolute atomic E-state index is 0.0643. The van der Waals surface area contributed by atoms with Gasteiger partial charge in [0.05, 0.1) is 0 Å². The van der Waals surface area contributed by atoms with Crippen LogP contribution in [0, 0.1) is 0 Å². The van der Waals surface area contributed by atoms with Crippen molar-refractivity contribution in [2.24, 2.45) is 10.1 Å². The van der Waals surface area contributed by atoms with Crippen LogP contribution in [0.1, 0.15) is 0 Å². The Balaban J connectivity index is 2.46. The zero-order valence-corrected chi connectivity index (χ0v) is 6.01. The summed E-state index contributed by atoms with van der Waals surface area (Å²) < 4.78 is 0. The number of carbonyl (C=O) groups is 1. The quantitative estimate of drug-likeness (QED) is 0.406. The molecule has 0 spiro atoms. The highest BCUT2D eigenvalue weighted by Crippen LogP contribution is 2.11. The third-order valence-electron chi connectivity index (χ3n) is 1.57. The van der Waals surface area contributed by atoms with Crippen LogP contribution in [0.2, 0.25) is 0 Å². The van der Waals surface area contributed by atoms with Gasteiger partial charge in [-0.15, -0.1) is 0 Å². The molecule has 2 rings (SSSR count). The van der Waals surface area contributed by atoms with Gasteiger partial charge in [0.25, 0.3) is 0 Å². The first-order valence-electron chi connectivity index (χ1n) is 3.32. The Morgan fingerprint density at radius 1 is 1.50 bits per heavy atom. The first-order valence-corrected chi connectivity index (χ1v) is 3.32. The predicted octanol–water partition coefficient (Wildman–Crippen LogP) is 0.0983. The summed E-state index contributed by atoms with van der Waals surface area (Å²) in [4.78, 5) is 16.0. The number of hydrogen-bond acceptors (Lipinski definition) is 3. The van der Waals surface area contributed by atoms with Crippen LogP contribution in [-0.4, -0.2) is 27.7 Å². The van der Waals surface area contributed by atoms with E-state index in [0.717, 1.165) is 0 Å². The van der Waals surface area contributed by atoms with Crippen LogP contribution in [0.5, 0.6) is 0 Å². The van der Waals surface area contributed by atoms with E-state index in [2.05, 4.69) is 10.1 Å². The molecule has 5 nitrogen and oxygen atoms in total. The average Bonchev–Trinajstić information content (AvgIpc) is 2.40. The second kappa shape index (κ2) is 2.30. The van der Waals surface area contributed by atoms with Gasteiger partial charge in [-0.1, -0.05) is 11.2 Å².